The lowest BCUT2D eigenvalue weighted by molar-refractivity contribution is 0.102. The normalized spacial score (nSPS) is 10.6. The molecule has 1 amide bonds. The number of halogens is 1. The zero-order valence-electron chi connectivity index (χ0n) is 18.5. The number of hydrogen-bond donors (Lipinski definition) is 4. The highest BCUT2D eigenvalue weighted by Crippen LogP contribution is 2.32. The van der Waals surface area contributed by atoms with Gasteiger partial charge in [0.25, 0.3) is 5.91 Å². The van der Waals surface area contributed by atoms with Crippen molar-refractivity contribution in [1.82, 2.24) is 14.8 Å². The molecule has 0 aliphatic carbocycles. The van der Waals surface area contributed by atoms with Crippen molar-refractivity contribution in [3.05, 3.63) is 82.6 Å². The number of carbonyl (C=O) groups is 1. The van der Waals surface area contributed by atoms with Gasteiger partial charge in [-0.1, -0.05) is 17.7 Å². The standard InChI is InChI=1S/C24H22ClN7O2/c1-14-13-32(31-23(14)29-19-9-8-18(27)17(12-26)22(19)25)15-6-7-16(20(11-15)34-2)24(33)30-21-5-3-4-10-28-21/h3-13,26H,27H2,1-2H3,(H,29,31)(H,28,30,33). The molecule has 9 nitrogen and oxygen atoms in total. The zero-order chi connectivity index (χ0) is 24.2. The number of anilines is 4. The summed E-state index contributed by atoms with van der Waals surface area (Å²) in [4.78, 5) is 16.8. The minimum atomic E-state index is -0.332. The van der Waals surface area contributed by atoms with E-state index in [1.54, 1.807) is 59.4 Å². The highest BCUT2D eigenvalue weighted by Gasteiger charge is 2.16. The minimum absolute atomic E-state index is 0.332. The second kappa shape index (κ2) is 9.63. The van der Waals surface area contributed by atoms with E-state index in [0.717, 1.165) is 11.8 Å². The molecule has 4 rings (SSSR count). The molecule has 5 N–H and O–H groups in total. The van der Waals surface area contributed by atoms with Crippen LogP contribution in [0.2, 0.25) is 5.02 Å². The lowest BCUT2D eigenvalue weighted by Gasteiger charge is -2.11. The van der Waals surface area contributed by atoms with E-state index in [2.05, 4.69) is 20.7 Å². The summed E-state index contributed by atoms with van der Waals surface area (Å²) >= 11 is 6.40. The molecule has 2 aromatic heterocycles. The van der Waals surface area contributed by atoms with Gasteiger partial charge in [0.2, 0.25) is 0 Å². The number of nitrogens with two attached hydrogens (primary N) is 1. The molecule has 2 heterocycles. The van der Waals surface area contributed by atoms with Gasteiger partial charge in [0.15, 0.2) is 5.82 Å². The van der Waals surface area contributed by atoms with Crippen molar-refractivity contribution < 1.29 is 9.53 Å². The van der Waals surface area contributed by atoms with Crippen LogP contribution in [0.1, 0.15) is 21.5 Å². The van der Waals surface area contributed by atoms with Crippen LogP contribution in [0.4, 0.5) is 23.0 Å². The summed E-state index contributed by atoms with van der Waals surface area (Å²) in [6.07, 6.45) is 4.56. The first-order chi connectivity index (χ1) is 16.4. The molecule has 0 spiro atoms. The second-order valence-electron chi connectivity index (χ2n) is 7.36. The van der Waals surface area contributed by atoms with E-state index in [-0.39, 0.29) is 5.91 Å². The van der Waals surface area contributed by atoms with Crippen LogP contribution < -0.4 is 21.1 Å². The summed E-state index contributed by atoms with van der Waals surface area (Å²) in [6.45, 7) is 1.90. The Balaban J connectivity index is 1.60. The number of nitrogen functional groups attached to an aromatic ring is 1. The van der Waals surface area contributed by atoms with Gasteiger partial charge in [0.1, 0.15) is 11.6 Å². The molecule has 0 radical (unpaired) electrons. The molecule has 172 valence electrons. The van der Waals surface area contributed by atoms with Gasteiger partial charge in [0.05, 0.1) is 29.1 Å². The van der Waals surface area contributed by atoms with Crippen molar-refractivity contribution in [2.24, 2.45) is 0 Å². The highest BCUT2D eigenvalue weighted by molar-refractivity contribution is 6.36. The summed E-state index contributed by atoms with van der Waals surface area (Å²) in [6, 6.07) is 13.9. The number of benzene rings is 2. The van der Waals surface area contributed by atoms with Crippen LogP contribution in [0.25, 0.3) is 5.69 Å². The van der Waals surface area contributed by atoms with Gasteiger partial charge in [0, 0.05) is 41.5 Å². The van der Waals surface area contributed by atoms with Crippen molar-refractivity contribution >= 4 is 46.7 Å². The van der Waals surface area contributed by atoms with Crippen molar-refractivity contribution in [3.8, 4) is 11.4 Å². The minimum Gasteiger partial charge on any atom is -0.496 e. The molecular weight excluding hydrogens is 454 g/mol. The summed E-state index contributed by atoms with van der Waals surface area (Å²) in [5.41, 5.74) is 9.26. The number of carbonyl (C=O) groups excluding carboxylic acids is 1. The van der Waals surface area contributed by atoms with Crippen LogP contribution in [0.15, 0.2) is 60.9 Å². The predicted octanol–water partition coefficient (Wildman–Crippen LogP) is 4.81. The van der Waals surface area contributed by atoms with Gasteiger partial charge < -0.3 is 26.5 Å². The first kappa shape index (κ1) is 22.8. The van der Waals surface area contributed by atoms with Gasteiger partial charge >= 0.3 is 0 Å². The maximum Gasteiger partial charge on any atom is 0.260 e. The summed E-state index contributed by atoms with van der Waals surface area (Å²) in [5.74, 6) is 1.09. The van der Waals surface area contributed by atoms with E-state index >= 15 is 0 Å². The molecule has 0 fully saturated rings. The summed E-state index contributed by atoms with van der Waals surface area (Å²) < 4.78 is 7.13. The lowest BCUT2D eigenvalue weighted by Crippen LogP contribution is -2.14. The van der Waals surface area contributed by atoms with Crippen molar-refractivity contribution in [3.63, 3.8) is 0 Å². The largest absolute Gasteiger partial charge is 0.496 e. The average molecular weight is 476 g/mol. The van der Waals surface area contributed by atoms with Gasteiger partial charge in [-0.15, -0.1) is 5.10 Å². The summed E-state index contributed by atoms with van der Waals surface area (Å²) in [7, 11) is 1.50. The van der Waals surface area contributed by atoms with Gasteiger partial charge in [-0.2, -0.15) is 0 Å². The number of ether oxygens (including phenoxy) is 1. The Morgan fingerprint density at radius 3 is 2.76 bits per heavy atom. The third kappa shape index (κ3) is 4.55. The third-order valence-corrected chi connectivity index (χ3v) is 5.52. The Morgan fingerprint density at radius 1 is 1.24 bits per heavy atom. The number of pyridine rings is 1. The molecule has 0 bridgehead atoms. The quantitative estimate of drug-likeness (QED) is 0.224. The Kier molecular flexibility index (Phi) is 6.46. The van der Waals surface area contributed by atoms with Crippen LogP contribution in [0.3, 0.4) is 0 Å². The molecule has 0 aliphatic heterocycles. The van der Waals surface area contributed by atoms with Crippen LogP contribution >= 0.6 is 11.6 Å². The van der Waals surface area contributed by atoms with E-state index in [4.69, 9.17) is 27.5 Å². The third-order valence-electron chi connectivity index (χ3n) is 5.11. The van der Waals surface area contributed by atoms with Crippen molar-refractivity contribution in [2.45, 2.75) is 6.92 Å². The topological polar surface area (TPSA) is 131 Å². The number of aromatic nitrogens is 3. The van der Waals surface area contributed by atoms with Gasteiger partial charge in [-0.3, -0.25) is 4.79 Å². The van der Waals surface area contributed by atoms with Gasteiger partial charge in [-0.25, -0.2) is 9.67 Å². The molecule has 0 unspecified atom stereocenters. The fourth-order valence-electron chi connectivity index (χ4n) is 3.32. The molecular formula is C24H22ClN7O2. The van der Waals surface area contributed by atoms with Crippen LogP contribution in [0, 0.1) is 12.3 Å². The molecule has 0 atom stereocenters. The molecule has 2 aromatic carbocycles. The molecule has 4 aromatic rings. The fourth-order valence-corrected chi connectivity index (χ4v) is 3.60. The Labute approximate surface area is 201 Å². The first-order valence-corrected chi connectivity index (χ1v) is 10.6. The Bertz CT molecular complexity index is 1370. The van der Waals surface area contributed by atoms with E-state index in [0.29, 0.717) is 50.6 Å². The smallest absolute Gasteiger partial charge is 0.260 e. The van der Waals surface area contributed by atoms with E-state index in [1.165, 1.54) is 7.11 Å². The average Bonchev–Trinajstić information content (AvgIpc) is 3.21. The second-order valence-corrected chi connectivity index (χ2v) is 7.74. The number of nitrogens with zero attached hydrogens (tertiary/aromatic N) is 3. The summed E-state index contributed by atoms with van der Waals surface area (Å²) in [5, 5.41) is 18.4. The number of amides is 1. The number of aryl methyl sites for hydroxylation is 1. The lowest BCUT2D eigenvalue weighted by atomic mass is 10.1. The molecule has 0 aliphatic rings. The van der Waals surface area contributed by atoms with E-state index in [1.807, 2.05) is 13.1 Å². The molecule has 0 saturated carbocycles. The van der Waals surface area contributed by atoms with Crippen molar-refractivity contribution in [1.29, 1.82) is 5.41 Å². The highest BCUT2D eigenvalue weighted by atomic mass is 35.5. The molecule has 10 heteroatoms. The first-order valence-electron chi connectivity index (χ1n) is 10.2. The molecule has 0 saturated heterocycles. The van der Waals surface area contributed by atoms with Crippen molar-refractivity contribution in [2.75, 3.05) is 23.5 Å². The van der Waals surface area contributed by atoms with E-state index in [9.17, 15) is 4.79 Å². The van der Waals surface area contributed by atoms with Crippen LogP contribution in [-0.4, -0.2) is 34.0 Å². The van der Waals surface area contributed by atoms with Crippen LogP contribution in [-0.2, 0) is 0 Å². The fraction of sp³-hybridized carbons (Fsp3) is 0.0833. The van der Waals surface area contributed by atoms with Crippen LogP contribution in [0.5, 0.6) is 5.75 Å². The SMILES string of the molecule is COc1cc(-n2cc(C)c(Nc3ccc(N)c(C=N)c3Cl)n2)ccc1C(=O)Nc1ccccn1. The number of rotatable bonds is 7. The number of nitrogens with one attached hydrogen (secondary N) is 3. The number of hydrogen-bond acceptors (Lipinski definition) is 7. The number of methoxy groups -OCH3 is 1. The Morgan fingerprint density at radius 2 is 2.06 bits per heavy atom. The molecule has 34 heavy (non-hydrogen) atoms. The maximum absolute atomic E-state index is 12.7. The van der Waals surface area contributed by atoms with Gasteiger partial charge in [-0.05, 0) is 43.3 Å². The van der Waals surface area contributed by atoms with E-state index < -0.39 is 0 Å². The monoisotopic (exact) mass is 475 g/mol. The zero-order valence-corrected chi connectivity index (χ0v) is 19.2. The predicted molar refractivity (Wildman–Crippen MR) is 134 cm³/mol. The maximum atomic E-state index is 12.7. The Hall–Kier alpha value is -4.37.